The molecule has 0 spiro atoms. The Kier molecular flexibility index (Phi) is 3.74. The molecule has 3 nitrogen and oxygen atoms in total. The zero-order valence-corrected chi connectivity index (χ0v) is 12.2. The predicted octanol–water partition coefficient (Wildman–Crippen LogP) is 3.28. The number of piperidine rings is 1. The van der Waals surface area contributed by atoms with E-state index in [2.05, 4.69) is 0 Å². The van der Waals surface area contributed by atoms with E-state index in [4.69, 9.17) is 0 Å². The number of fused-ring (bicyclic) bond motifs is 1. The Bertz CT molecular complexity index is 679. The first kappa shape index (κ1) is 13.8. The Labute approximate surface area is 124 Å². The summed E-state index contributed by atoms with van der Waals surface area (Å²) in [6.07, 6.45) is 1.57. The van der Waals surface area contributed by atoms with Crippen molar-refractivity contribution in [2.24, 2.45) is 5.92 Å². The topological polar surface area (TPSA) is 37.4 Å². The third kappa shape index (κ3) is 2.68. The van der Waals surface area contributed by atoms with Crippen molar-refractivity contribution >= 4 is 22.5 Å². The number of carbonyl (C=O) groups excluding carboxylic acids is 2. The second-order valence-corrected chi connectivity index (χ2v) is 5.70. The fourth-order valence-electron chi connectivity index (χ4n) is 3.07. The predicted molar refractivity (Wildman–Crippen MR) is 83.3 cm³/mol. The molecule has 1 heterocycles. The molecule has 0 saturated carbocycles. The lowest BCUT2D eigenvalue weighted by Crippen LogP contribution is -2.39. The lowest BCUT2D eigenvalue weighted by molar-refractivity contribution is -0.121. The van der Waals surface area contributed by atoms with Gasteiger partial charge >= 0.3 is 0 Å². The van der Waals surface area contributed by atoms with Crippen LogP contribution in [0.2, 0.25) is 0 Å². The Morgan fingerprint density at radius 3 is 2.38 bits per heavy atom. The van der Waals surface area contributed by atoms with Crippen LogP contribution in [0, 0.1) is 5.92 Å². The second kappa shape index (κ2) is 5.68. The van der Waals surface area contributed by atoms with Crippen LogP contribution in [0.4, 0.5) is 0 Å². The first-order chi connectivity index (χ1) is 10.2. The standard InChI is InChI=1S/C18H19NO2/c1-13(20)14-9-11-19(12-10-14)18(21)17-8-4-6-15-5-2-3-7-16(15)17/h2-8,14H,9-12H2,1H3. The van der Waals surface area contributed by atoms with Gasteiger partial charge in [0.2, 0.25) is 0 Å². The van der Waals surface area contributed by atoms with Crippen molar-refractivity contribution in [3.8, 4) is 0 Å². The summed E-state index contributed by atoms with van der Waals surface area (Å²) in [4.78, 5) is 26.0. The van der Waals surface area contributed by atoms with Crippen LogP contribution in [-0.2, 0) is 4.79 Å². The van der Waals surface area contributed by atoms with Crippen molar-refractivity contribution in [1.82, 2.24) is 4.90 Å². The van der Waals surface area contributed by atoms with Gasteiger partial charge in [-0.15, -0.1) is 0 Å². The highest BCUT2D eigenvalue weighted by Crippen LogP contribution is 2.23. The third-order valence-corrected chi connectivity index (χ3v) is 4.38. The largest absolute Gasteiger partial charge is 0.339 e. The van der Waals surface area contributed by atoms with E-state index in [-0.39, 0.29) is 17.6 Å². The van der Waals surface area contributed by atoms with Crippen molar-refractivity contribution in [3.05, 3.63) is 48.0 Å². The summed E-state index contributed by atoms with van der Waals surface area (Å²) in [5.41, 5.74) is 0.759. The molecule has 0 unspecified atom stereocenters. The van der Waals surface area contributed by atoms with E-state index in [9.17, 15) is 9.59 Å². The van der Waals surface area contributed by atoms with Gasteiger partial charge in [-0.3, -0.25) is 9.59 Å². The molecule has 21 heavy (non-hydrogen) atoms. The number of Topliss-reactive ketones (excluding diaryl/α,β-unsaturated/α-hetero) is 1. The number of nitrogens with zero attached hydrogens (tertiary/aromatic N) is 1. The van der Waals surface area contributed by atoms with Crippen LogP contribution >= 0.6 is 0 Å². The van der Waals surface area contributed by atoms with Gasteiger partial charge in [-0.1, -0.05) is 36.4 Å². The van der Waals surface area contributed by atoms with Crippen molar-refractivity contribution in [2.45, 2.75) is 19.8 Å². The minimum absolute atomic E-state index is 0.0776. The minimum Gasteiger partial charge on any atom is -0.339 e. The van der Waals surface area contributed by atoms with E-state index in [0.29, 0.717) is 13.1 Å². The Balaban J connectivity index is 1.84. The van der Waals surface area contributed by atoms with Gasteiger partial charge < -0.3 is 4.90 Å². The third-order valence-electron chi connectivity index (χ3n) is 4.38. The van der Waals surface area contributed by atoms with Crippen molar-refractivity contribution in [2.75, 3.05) is 13.1 Å². The first-order valence-electron chi connectivity index (χ1n) is 7.44. The van der Waals surface area contributed by atoms with Gasteiger partial charge in [0.05, 0.1) is 0 Å². The summed E-state index contributed by atoms with van der Waals surface area (Å²) < 4.78 is 0. The molecule has 0 radical (unpaired) electrons. The smallest absolute Gasteiger partial charge is 0.254 e. The number of benzene rings is 2. The lowest BCUT2D eigenvalue weighted by Gasteiger charge is -2.31. The van der Waals surface area contributed by atoms with E-state index in [1.54, 1.807) is 6.92 Å². The van der Waals surface area contributed by atoms with Gasteiger partial charge in [-0.25, -0.2) is 0 Å². The minimum atomic E-state index is 0.0776. The Morgan fingerprint density at radius 2 is 1.67 bits per heavy atom. The quantitative estimate of drug-likeness (QED) is 0.847. The molecular formula is C18H19NO2. The molecule has 0 bridgehead atoms. The maximum Gasteiger partial charge on any atom is 0.254 e. The summed E-state index contributed by atoms with van der Waals surface area (Å²) in [5.74, 6) is 0.447. The highest BCUT2D eigenvalue weighted by Gasteiger charge is 2.26. The summed E-state index contributed by atoms with van der Waals surface area (Å²) in [7, 11) is 0. The highest BCUT2D eigenvalue weighted by molar-refractivity contribution is 6.07. The maximum atomic E-state index is 12.7. The van der Waals surface area contributed by atoms with Crippen LogP contribution in [0.1, 0.15) is 30.1 Å². The number of rotatable bonds is 2. The van der Waals surface area contributed by atoms with Crippen LogP contribution in [0.3, 0.4) is 0 Å². The van der Waals surface area contributed by atoms with Crippen LogP contribution in [0.15, 0.2) is 42.5 Å². The van der Waals surface area contributed by atoms with Crippen molar-refractivity contribution in [3.63, 3.8) is 0 Å². The molecule has 1 amide bonds. The van der Waals surface area contributed by atoms with Crippen LogP contribution in [0.5, 0.6) is 0 Å². The van der Waals surface area contributed by atoms with Crippen LogP contribution in [0.25, 0.3) is 10.8 Å². The molecule has 3 rings (SSSR count). The van der Waals surface area contributed by atoms with E-state index in [1.165, 1.54) is 0 Å². The summed E-state index contributed by atoms with van der Waals surface area (Å²) in [6, 6.07) is 13.8. The molecule has 0 aromatic heterocycles. The van der Waals surface area contributed by atoms with Crippen LogP contribution in [-0.4, -0.2) is 29.7 Å². The summed E-state index contributed by atoms with van der Waals surface area (Å²) >= 11 is 0. The fourth-order valence-corrected chi connectivity index (χ4v) is 3.07. The van der Waals surface area contributed by atoms with E-state index >= 15 is 0 Å². The van der Waals surface area contributed by atoms with E-state index in [0.717, 1.165) is 29.2 Å². The maximum absolute atomic E-state index is 12.7. The second-order valence-electron chi connectivity index (χ2n) is 5.70. The van der Waals surface area contributed by atoms with Crippen molar-refractivity contribution < 1.29 is 9.59 Å². The van der Waals surface area contributed by atoms with Gasteiger partial charge in [0, 0.05) is 24.6 Å². The molecule has 1 aliphatic rings. The van der Waals surface area contributed by atoms with E-state index < -0.39 is 0 Å². The normalized spacial score (nSPS) is 16.1. The van der Waals surface area contributed by atoms with Gasteiger partial charge in [0.15, 0.2) is 0 Å². The number of carbonyl (C=O) groups is 2. The van der Waals surface area contributed by atoms with Crippen molar-refractivity contribution in [1.29, 1.82) is 0 Å². The molecule has 1 aliphatic heterocycles. The molecule has 0 atom stereocenters. The SMILES string of the molecule is CC(=O)C1CCN(C(=O)c2cccc3ccccc23)CC1. The van der Waals surface area contributed by atoms with Gasteiger partial charge in [-0.2, -0.15) is 0 Å². The monoisotopic (exact) mass is 281 g/mol. The molecule has 0 aliphatic carbocycles. The zero-order chi connectivity index (χ0) is 14.8. The fraction of sp³-hybridized carbons (Fsp3) is 0.333. The zero-order valence-electron chi connectivity index (χ0n) is 12.2. The highest BCUT2D eigenvalue weighted by atomic mass is 16.2. The molecule has 3 heteroatoms. The Hall–Kier alpha value is -2.16. The van der Waals surface area contributed by atoms with Crippen LogP contribution < -0.4 is 0 Å². The number of amides is 1. The molecule has 108 valence electrons. The average Bonchev–Trinajstić information content (AvgIpc) is 2.53. The first-order valence-corrected chi connectivity index (χ1v) is 7.44. The molecular weight excluding hydrogens is 262 g/mol. The molecule has 2 aromatic rings. The summed E-state index contributed by atoms with van der Waals surface area (Å²) in [6.45, 7) is 2.99. The lowest BCUT2D eigenvalue weighted by atomic mass is 9.92. The molecule has 1 fully saturated rings. The van der Waals surface area contributed by atoms with Gasteiger partial charge in [0.25, 0.3) is 5.91 Å². The van der Waals surface area contributed by atoms with Gasteiger partial charge in [-0.05, 0) is 36.6 Å². The average molecular weight is 281 g/mol. The molecule has 0 N–H and O–H groups in total. The Morgan fingerprint density at radius 1 is 1.00 bits per heavy atom. The van der Waals surface area contributed by atoms with E-state index in [1.807, 2.05) is 47.4 Å². The number of likely N-dealkylation sites (tertiary alicyclic amines) is 1. The summed E-state index contributed by atoms with van der Waals surface area (Å²) in [5, 5.41) is 2.08. The van der Waals surface area contributed by atoms with Gasteiger partial charge in [0.1, 0.15) is 5.78 Å². The number of ketones is 1. The molecule has 2 aromatic carbocycles. The number of hydrogen-bond acceptors (Lipinski definition) is 2. The number of hydrogen-bond donors (Lipinski definition) is 0. The molecule has 1 saturated heterocycles.